The molecule has 2 saturated carbocycles. The van der Waals surface area contributed by atoms with Crippen molar-refractivity contribution in [2.24, 2.45) is 5.92 Å². The molecule has 2 aliphatic rings. The standard InChI is InChI=1S/C18H19NO2/c20-17(15-11-14(15)16-7-4-10-21-16)19-12-18(8-9-18)13-5-2-1-3-6-13/h1-7,10,14-15H,8-9,11-12H2,(H,19,20). The van der Waals surface area contributed by atoms with Crippen LogP contribution in [0.3, 0.4) is 0 Å². The first-order valence-electron chi connectivity index (χ1n) is 7.65. The van der Waals surface area contributed by atoms with Gasteiger partial charge in [0.15, 0.2) is 0 Å². The van der Waals surface area contributed by atoms with Crippen LogP contribution >= 0.6 is 0 Å². The molecule has 2 fully saturated rings. The lowest BCUT2D eigenvalue weighted by Crippen LogP contribution is -2.33. The molecule has 2 atom stereocenters. The molecular formula is C18H19NO2. The fourth-order valence-corrected chi connectivity index (χ4v) is 3.20. The summed E-state index contributed by atoms with van der Waals surface area (Å²) >= 11 is 0. The van der Waals surface area contributed by atoms with E-state index in [9.17, 15) is 4.79 Å². The number of rotatable bonds is 5. The summed E-state index contributed by atoms with van der Waals surface area (Å²) in [4.78, 5) is 12.3. The third-order valence-corrected chi connectivity index (χ3v) is 4.88. The first-order chi connectivity index (χ1) is 10.3. The number of hydrogen-bond donors (Lipinski definition) is 1. The van der Waals surface area contributed by atoms with Gasteiger partial charge in [0.2, 0.25) is 5.91 Å². The molecule has 4 rings (SSSR count). The highest BCUT2D eigenvalue weighted by atomic mass is 16.3. The Hall–Kier alpha value is -2.03. The molecule has 2 aromatic rings. The molecule has 0 bridgehead atoms. The minimum atomic E-state index is 0.0997. The second-order valence-corrected chi connectivity index (χ2v) is 6.33. The molecular weight excluding hydrogens is 262 g/mol. The fourth-order valence-electron chi connectivity index (χ4n) is 3.20. The first-order valence-corrected chi connectivity index (χ1v) is 7.65. The Morgan fingerprint density at radius 2 is 2.00 bits per heavy atom. The molecule has 3 heteroatoms. The Morgan fingerprint density at radius 1 is 1.19 bits per heavy atom. The number of carbonyl (C=O) groups is 1. The molecule has 2 aliphatic carbocycles. The quantitative estimate of drug-likeness (QED) is 0.914. The Bertz CT molecular complexity index is 629. The van der Waals surface area contributed by atoms with Crippen molar-refractivity contribution in [1.29, 1.82) is 0 Å². The SMILES string of the molecule is O=C(NCC1(c2ccccc2)CC1)C1CC1c1ccco1. The van der Waals surface area contributed by atoms with E-state index >= 15 is 0 Å². The van der Waals surface area contributed by atoms with Crippen molar-refractivity contribution in [2.75, 3.05) is 6.54 Å². The van der Waals surface area contributed by atoms with E-state index < -0.39 is 0 Å². The summed E-state index contributed by atoms with van der Waals surface area (Å²) in [6.45, 7) is 0.761. The minimum Gasteiger partial charge on any atom is -0.469 e. The zero-order chi connectivity index (χ0) is 14.3. The van der Waals surface area contributed by atoms with E-state index in [1.807, 2.05) is 18.2 Å². The van der Waals surface area contributed by atoms with Gasteiger partial charge in [0.25, 0.3) is 0 Å². The van der Waals surface area contributed by atoms with Gasteiger partial charge < -0.3 is 9.73 Å². The normalized spacial score (nSPS) is 25.3. The lowest BCUT2D eigenvalue weighted by Gasteiger charge is -2.16. The van der Waals surface area contributed by atoms with Gasteiger partial charge in [-0.3, -0.25) is 4.79 Å². The van der Waals surface area contributed by atoms with Gasteiger partial charge in [-0.2, -0.15) is 0 Å². The molecule has 3 nitrogen and oxygen atoms in total. The Labute approximate surface area is 124 Å². The van der Waals surface area contributed by atoms with Crippen molar-refractivity contribution < 1.29 is 9.21 Å². The van der Waals surface area contributed by atoms with Crippen LogP contribution in [0.25, 0.3) is 0 Å². The molecule has 1 aromatic carbocycles. The van der Waals surface area contributed by atoms with Gasteiger partial charge in [0, 0.05) is 23.8 Å². The Kier molecular flexibility index (Phi) is 2.88. The molecule has 1 amide bonds. The van der Waals surface area contributed by atoms with E-state index in [1.165, 1.54) is 18.4 Å². The largest absolute Gasteiger partial charge is 0.469 e. The number of carbonyl (C=O) groups excluding carboxylic acids is 1. The number of hydrogen-bond acceptors (Lipinski definition) is 2. The van der Waals surface area contributed by atoms with E-state index in [4.69, 9.17) is 4.42 Å². The average Bonchev–Trinajstić information content (AvgIpc) is 3.44. The highest BCUT2D eigenvalue weighted by Gasteiger charge is 2.48. The summed E-state index contributed by atoms with van der Waals surface area (Å²) in [5.41, 5.74) is 1.54. The van der Waals surface area contributed by atoms with Gasteiger partial charge in [-0.15, -0.1) is 0 Å². The Morgan fingerprint density at radius 3 is 2.67 bits per heavy atom. The second kappa shape index (κ2) is 4.76. The van der Waals surface area contributed by atoms with Crippen molar-refractivity contribution in [1.82, 2.24) is 5.32 Å². The van der Waals surface area contributed by atoms with Crippen LogP contribution in [0.5, 0.6) is 0 Å². The third kappa shape index (κ3) is 2.37. The maximum absolute atomic E-state index is 12.3. The lowest BCUT2D eigenvalue weighted by molar-refractivity contribution is -0.122. The summed E-state index contributed by atoms with van der Waals surface area (Å²) in [6, 6.07) is 14.4. The van der Waals surface area contributed by atoms with E-state index in [-0.39, 0.29) is 23.2 Å². The zero-order valence-electron chi connectivity index (χ0n) is 11.9. The van der Waals surface area contributed by atoms with Gasteiger partial charge in [-0.1, -0.05) is 30.3 Å². The molecule has 21 heavy (non-hydrogen) atoms. The van der Waals surface area contributed by atoms with Gasteiger partial charge in [0.1, 0.15) is 5.76 Å². The van der Waals surface area contributed by atoms with Crippen LogP contribution in [0, 0.1) is 5.92 Å². The Balaban J connectivity index is 1.35. The number of amides is 1. The molecule has 1 aromatic heterocycles. The molecule has 1 heterocycles. The summed E-state index contributed by atoms with van der Waals surface area (Å²) in [6.07, 6.45) is 4.93. The summed E-state index contributed by atoms with van der Waals surface area (Å²) in [5.74, 6) is 1.51. The molecule has 1 N–H and O–H groups in total. The van der Waals surface area contributed by atoms with Crippen molar-refractivity contribution >= 4 is 5.91 Å². The van der Waals surface area contributed by atoms with Crippen LogP contribution in [0.15, 0.2) is 53.1 Å². The molecule has 108 valence electrons. The van der Waals surface area contributed by atoms with Gasteiger partial charge in [-0.25, -0.2) is 0 Å². The molecule has 0 radical (unpaired) electrons. The predicted molar refractivity (Wildman–Crippen MR) is 79.9 cm³/mol. The van der Waals surface area contributed by atoms with Crippen molar-refractivity contribution in [3.05, 3.63) is 60.1 Å². The van der Waals surface area contributed by atoms with Crippen LogP contribution < -0.4 is 5.32 Å². The smallest absolute Gasteiger partial charge is 0.223 e. The van der Waals surface area contributed by atoms with Gasteiger partial charge >= 0.3 is 0 Å². The van der Waals surface area contributed by atoms with E-state index in [2.05, 4.69) is 29.6 Å². The molecule has 2 unspecified atom stereocenters. The van der Waals surface area contributed by atoms with E-state index in [1.54, 1.807) is 6.26 Å². The third-order valence-electron chi connectivity index (χ3n) is 4.88. The minimum absolute atomic E-state index is 0.0997. The predicted octanol–water partition coefficient (Wildman–Crippen LogP) is 3.23. The number of benzene rings is 1. The van der Waals surface area contributed by atoms with Crippen LogP contribution in [0.4, 0.5) is 0 Å². The maximum Gasteiger partial charge on any atom is 0.223 e. The highest BCUT2D eigenvalue weighted by Crippen LogP contribution is 2.49. The molecule has 0 aliphatic heterocycles. The summed E-state index contributed by atoms with van der Waals surface area (Å²) in [5, 5.41) is 3.16. The lowest BCUT2D eigenvalue weighted by atomic mass is 9.96. The zero-order valence-corrected chi connectivity index (χ0v) is 11.9. The first kappa shape index (κ1) is 12.7. The fraction of sp³-hybridized carbons (Fsp3) is 0.389. The van der Waals surface area contributed by atoms with Crippen molar-refractivity contribution in [3.63, 3.8) is 0 Å². The van der Waals surface area contributed by atoms with Crippen LogP contribution in [0.1, 0.15) is 36.5 Å². The summed E-state index contributed by atoms with van der Waals surface area (Å²) < 4.78 is 5.38. The number of furan rings is 1. The van der Waals surface area contributed by atoms with E-state index in [0.29, 0.717) is 0 Å². The molecule has 0 spiro atoms. The van der Waals surface area contributed by atoms with Gasteiger partial charge in [0.05, 0.1) is 6.26 Å². The monoisotopic (exact) mass is 281 g/mol. The average molecular weight is 281 g/mol. The number of nitrogens with one attached hydrogen (secondary N) is 1. The maximum atomic E-state index is 12.3. The van der Waals surface area contributed by atoms with E-state index in [0.717, 1.165) is 18.7 Å². The van der Waals surface area contributed by atoms with Crippen LogP contribution in [-0.4, -0.2) is 12.5 Å². The van der Waals surface area contributed by atoms with Crippen LogP contribution in [0.2, 0.25) is 0 Å². The van der Waals surface area contributed by atoms with Crippen LogP contribution in [-0.2, 0) is 10.2 Å². The second-order valence-electron chi connectivity index (χ2n) is 6.33. The molecule has 0 saturated heterocycles. The highest BCUT2D eigenvalue weighted by molar-refractivity contribution is 5.82. The van der Waals surface area contributed by atoms with Gasteiger partial charge in [-0.05, 0) is 37.0 Å². The van der Waals surface area contributed by atoms with Crippen molar-refractivity contribution in [2.45, 2.75) is 30.6 Å². The van der Waals surface area contributed by atoms with Crippen molar-refractivity contribution in [3.8, 4) is 0 Å². The summed E-state index contributed by atoms with van der Waals surface area (Å²) in [7, 11) is 0. The topological polar surface area (TPSA) is 42.2 Å².